The van der Waals surface area contributed by atoms with Crippen molar-refractivity contribution in [2.75, 3.05) is 0 Å². The van der Waals surface area contributed by atoms with Crippen molar-refractivity contribution in [3.05, 3.63) is 0 Å². The molecule has 0 saturated heterocycles. The summed E-state index contributed by atoms with van der Waals surface area (Å²) in [5.74, 6) is 23.7. The van der Waals surface area contributed by atoms with Crippen molar-refractivity contribution in [3.63, 3.8) is 0 Å². The van der Waals surface area contributed by atoms with Gasteiger partial charge in [-0.25, -0.2) is 0 Å². The quantitative estimate of drug-likeness (QED) is 0.227. The van der Waals surface area contributed by atoms with E-state index in [4.69, 9.17) is 0 Å². The lowest BCUT2D eigenvalue weighted by molar-refractivity contribution is -0.0321. The van der Waals surface area contributed by atoms with Crippen molar-refractivity contribution < 1.29 is 0 Å². The van der Waals surface area contributed by atoms with Crippen LogP contribution in [0.25, 0.3) is 0 Å². The molecule has 0 N–H and O–H groups in total. The highest BCUT2D eigenvalue weighted by atomic mass is 14.6. The molecule has 0 aromatic rings. The molecule has 20 rings (SSSR count). The minimum atomic E-state index is 0.572. The molecule has 0 amide bonds. The van der Waals surface area contributed by atoms with Crippen LogP contribution in [0.1, 0.15) is 395 Å². The highest BCUT2D eigenvalue weighted by Gasteiger charge is 2.52. The van der Waals surface area contributed by atoms with Crippen LogP contribution in [0.15, 0.2) is 0 Å². The summed E-state index contributed by atoms with van der Waals surface area (Å²) in [6.07, 6.45) is 60.7. The Morgan fingerprint density at radius 2 is 0.697 bits per heavy atom. The van der Waals surface area contributed by atoms with Gasteiger partial charge in [-0.05, 0) is 374 Å². The fourth-order valence-electron chi connectivity index (χ4n) is 26.8. The van der Waals surface area contributed by atoms with E-state index in [2.05, 4.69) is 138 Å². The zero-order valence-electron chi connectivity index (χ0n) is 64.5. The molecule has 518 valence electrons. The normalized spacial score (nSPS) is 47.3. The van der Waals surface area contributed by atoms with Crippen molar-refractivity contribution in [2.45, 2.75) is 395 Å². The lowest BCUT2D eigenvalue weighted by Crippen LogP contribution is -2.43. The number of fused-ring (bicyclic) bond motifs is 17. The lowest BCUT2D eigenvalue weighted by Gasteiger charge is -2.54. The zero-order valence-corrected chi connectivity index (χ0v) is 64.5. The van der Waals surface area contributed by atoms with Crippen molar-refractivity contribution in [2.24, 2.45) is 168 Å². The molecule has 10 unspecified atom stereocenters. The van der Waals surface area contributed by atoms with Gasteiger partial charge in [0.25, 0.3) is 0 Å². The molecule has 0 radical (unpaired) electrons. The Kier molecular flexibility index (Phi) is 25.0. The number of rotatable bonds is 0. The van der Waals surface area contributed by atoms with Crippen LogP contribution in [-0.4, -0.2) is 0 Å². The summed E-state index contributed by atoms with van der Waals surface area (Å²) in [6.45, 7) is 49.0. The van der Waals surface area contributed by atoms with Gasteiger partial charge in [0.05, 0.1) is 0 Å². The summed E-state index contributed by atoms with van der Waals surface area (Å²) < 4.78 is 0. The molecule has 20 aliphatic rings. The van der Waals surface area contributed by atoms with Crippen LogP contribution >= 0.6 is 0 Å². The SMILES string of the molecule is CC1(C)CCCCC1.CC1C2CCC(C2)[C@H]1C.CC1C2CCC(CC2)[C@H]1C.CC1CCC2(CC1)CC(C)(C)CC(C)(C)C2.C[C@@H]1C2CCC(C2)C1(C)C.C[C@H]1CC2CCC1(C)C2.C[C@H]1CC2CCC1(C)CC2.C[C@H]1CC2CCC1C2.C[C@H]1CC2CCC1CC2. The Morgan fingerprint density at radius 3 is 0.978 bits per heavy atom. The maximum absolute atomic E-state index is 2.49. The van der Waals surface area contributed by atoms with Gasteiger partial charge in [0.1, 0.15) is 0 Å². The summed E-state index contributed by atoms with van der Waals surface area (Å²) in [4.78, 5) is 0. The molecule has 0 heterocycles. The van der Waals surface area contributed by atoms with Crippen LogP contribution < -0.4 is 0 Å². The predicted molar refractivity (Wildman–Crippen MR) is 392 cm³/mol. The third kappa shape index (κ3) is 18.8. The molecule has 0 heteroatoms. The summed E-state index contributed by atoms with van der Waals surface area (Å²) >= 11 is 0. The second kappa shape index (κ2) is 30.4. The minimum Gasteiger partial charge on any atom is -0.0625 e. The number of hydrogen-bond acceptors (Lipinski definition) is 0. The van der Waals surface area contributed by atoms with E-state index in [9.17, 15) is 0 Å². The monoisotopic (exact) mass is 1230 g/mol. The zero-order chi connectivity index (χ0) is 64.5. The van der Waals surface area contributed by atoms with Gasteiger partial charge >= 0.3 is 0 Å². The topological polar surface area (TPSA) is 0 Å². The Balaban J connectivity index is 0.000000120. The molecule has 0 aliphatic heterocycles. The first-order chi connectivity index (χ1) is 41.8. The second-order valence-corrected chi connectivity index (χ2v) is 42.4. The van der Waals surface area contributed by atoms with E-state index < -0.39 is 0 Å². The van der Waals surface area contributed by atoms with Crippen molar-refractivity contribution in [1.29, 1.82) is 0 Å². The Morgan fingerprint density at radius 1 is 0.270 bits per heavy atom. The van der Waals surface area contributed by atoms with Crippen molar-refractivity contribution >= 4 is 0 Å². The molecule has 20 fully saturated rings. The lowest BCUT2D eigenvalue weighted by atomic mass is 9.51. The summed E-state index contributed by atoms with van der Waals surface area (Å²) in [6, 6.07) is 0. The van der Waals surface area contributed by atoms with E-state index >= 15 is 0 Å². The highest BCUT2D eigenvalue weighted by Crippen LogP contribution is 2.62. The molecule has 17 atom stereocenters. The molecule has 1 spiro atoms. The van der Waals surface area contributed by atoms with E-state index in [1.807, 2.05) is 0 Å². The van der Waals surface area contributed by atoms with Crippen LogP contribution in [0, 0.1) is 168 Å². The van der Waals surface area contributed by atoms with E-state index in [1.54, 1.807) is 64.2 Å². The molecular formula is C89H162. The van der Waals surface area contributed by atoms with E-state index in [0.717, 1.165) is 141 Å². The Bertz CT molecular complexity index is 2010. The van der Waals surface area contributed by atoms with Gasteiger partial charge in [-0.3, -0.25) is 0 Å². The van der Waals surface area contributed by atoms with E-state index in [0.29, 0.717) is 27.1 Å². The standard InChI is InChI=1S/C16H30.3C10H18.3C9H16.C8H14.C8H16/c1-13-6-8-16(9-7-13)11-14(2,3)10-15(4,5)12-16;1-7-8-4-5-9(6-8)10(7,2)3;1-8-7-9-3-5-10(8,2)6-4-9;1-7-8(2)10-5-3-9(7)4-6-10;1-7-5-8-3-4-9(7,2)6-8;1-6-7(2)9-4-3-8(6)5-9;1-7-6-8-2-4-9(7)5-3-8;1-6-4-7-2-3-8(6)5-7;1-8(2)6-4-3-5-7-8/h13H,6-12H2,1-5H3;7-9H,4-6H2,1-3H3;8-9H,3-7H2,1-2H3;7-10H,3-6H2,1-2H3;7-8H,3-6H2,1-2H3;6-9H,3-5H2,1-2H3;7-9H,2-6H2,1H3;6-8H,2-5H2,1H3;3-7H2,1-2H3/t;7-,8?,9?;8-,9?,10?;7-,8?,9?,10?;7-,8?,9?;6-,7?,8?,9?;7-,8?,9?;6-,7?,8?;/m.1000000./s1. The van der Waals surface area contributed by atoms with Gasteiger partial charge in [0, 0.05) is 0 Å². The smallest absolute Gasteiger partial charge is 0.0287 e. The second-order valence-electron chi connectivity index (χ2n) is 42.4. The molecular weight excluding hydrogens is 1070 g/mol. The molecule has 0 aromatic carbocycles. The van der Waals surface area contributed by atoms with Gasteiger partial charge < -0.3 is 0 Å². The molecule has 0 nitrogen and oxygen atoms in total. The predicted octanol–water partition coefficient (Wildman–Crippen LogP) is 28.6. The van der Waals surface area contributed by atoms with Crippen LogP contribution in [0.3, 0.4) is 0 Å². The average Bonchev–Trinajstić information content (AvgIpc) is 1.62. The van der Waals surface area contributed by atoms with Crippen LogP contribution in [0.5, 0.6) is 0 Å². The fraction of sp³-hybridized carbons (Fsp3) is 1.00. The third-order valence-corrected chi connectivity index (χ3v) is 33.9. The van der Waals surface area contributed by atoms with E-state index in [-0.39, 0.29) is 0 Å². The van der Waals surface area contributed by atoms with Gasteiger partial charge in [-0.2, -0.15) is 0 Å². The van der Waals surface area contributed by atoms with Crippen molar-refractivity contribution in [3.8, 4) is 0 Å². The molecule has 0 aromatic heterocycles. The summed E-state index contributed by atoms with van der Waals surface area (Å²) in [5, 5.41) is 0. The van der Waals surface area contributed by atoms with Crippen LogP contribution in [0.4, 0.5) is 0 Å². The first-order valence-electron chi connectivity index (χ1n) is 41.8. The van der Waals surface area contributed by atoms with Gasteiger partial charge in [0.15, 0.2) is 0 Å². The van der Waals surface area contributed by atoms with Crippen LogP contribution in [0.2, 0.25) is 0 Å². The fourth-order valence-corrected chi connectivity index (χ4v) is 26.8. The first kappa shape index (κ1) is 73.3. The van der Waals surface area contributed by atoms with Gasteiger partial charge in [-0.1, -0.05) is 190 Å². The maximum atomic E-state index is 2.49. The van der Waals surface area contributed by atoms with Gasteiger partial charge in [0.2, 0.25) is 0 Å². The van der Waals surface area contributed by atoms with Crippen molar-refractivity contribution in [1.82, 2.24) is 0 Å². The summed E-state index contributed by atoms with van der Waals surface area (Å²) in [5.41, 5.74) is 4.71. The van der Waals surface area contributed by atoms with Crippen LogP contribution in [-0.2, 0) is 0 Å². The van der Waals surface area contributed by atoms with Gasteiger partial charge in [-0.15, -0.1) is 0 Å². The molecule has 89 heavy (non-hydrogen) atoms. The average molecular weight is 1230 g/mol. The highest BCUT2D eigenvalue weighted by molar-refractivity contribution is 5.02. The first-order valence-corrected chi connectivity index (χ1v) is 41.8. The number of hydrogen-bond donors (Lipinski definition) is 0. The minimum absolute atomic E-state index is 0.572. The third-order valence-electron chi connectivity index (χ3n) is 33.9. The molecule has 20 saturated carbocycles. The Hall–Kier alpha value is 0. The van der Waals surface area contributed by atoms with E-state index in [1.165, 1.54) is 193 Å². The molecule has 14 bridgehead atoms. The maximum Gasteiger partial charge on any atom is -0.0287 e. The largest absolute Gasteiger partial charge is 0.0625 e. The summed E-state index contributed by atoms with van der Waals surface area (Å²) in [7, 11) is 0. The Labute approximate surface area is 560 Å². The molecule has 20 aliphatic carbocycles.